The van der Waals surface area contributed by atoms with Crippen molar-refractivity contribution >= 4 is 43.2 Å². The molecule has 0 unspecified atom stereocenters. The van der Waals surface area contributed by atoms with E-state index in [0.717, 1.165) is 5.56 Å². The van der Waals surface area contributed by atoms with Crippen molar-refractivity contribution in [2.24, 2.45) is 5.92 Å². The Balaban J connectivity index is 1.40. The molecule has 2 N–H and O–H groups in total. The van der Waals surface area contributed by atoms with Gasteiger partial charge in [0, 0.05) is 39.9 Å². The highest BCUT2D eigenvalue weighted by Gasteiger charge is 2.66. The average Bonchev–Trinajstić information content (AvgIpc) is 3.36. The number of nitrogens with one attached hydrogen (secondary N) is 1. The molecule has 1 fully saturated rings. The van der Waals surface area contributed by atoms with Crippen LogP contribution in [-0.4, -0.2) is 45.1 Å². The Morgan fingerprint density at radius 2 is 1.83 bits per heavy atom. The van der Waals surface area contributed by atoms with Gasteiger partial charge in [0.1, 0.15) is 5.75 Å². The second-order valence-corrected chi connectivity index (χ2v) is 15.4. The summed E-state index contributed by atoms with van der Waals surface area (Å²) in [7, 11) is -1.70. The average molecular weight is 597 g/mol. The summed E-state index contributed by atoms with van der Waals surface area (Å²) < 4.78 is 27.3. The molecule has 2 heterocycles. The predicted molar refractivity (Wildman–Crippen MR) is 160 cm³/mol. The van der Waals surface area contributed by atoms with Crippen LogP contribution < -0.4 is 15.0 Å². The van der Waals surface area contributed by atoms with Gasteiger partial charge < -0.3 is 28.9 Å². The molecule has 1 spiro atoms. The zero-order valence-electron chi connectivity index (χ0n) is 23.5. The van der Waals surface area contributed by atoms with E-state index in [9.17, 15) is 14.7 Å². The zero-order chi connectivity index (χ0) is 29.5. The first-order valence-corrected chi connectivity index (χ1v) is 17.0. The Kier molecular flexibility index (Phi) is 8.00. The molecule has 0 aromatic heterocycles. The number of hydrogen-bond acceptors (Lipinski definition) is 5. The molecule has 5 rings (SSSR count). The van der Waals surface area contributed by atoms with Gasteiger partial charge in [-0.1, -0.05) is 30.7 Å². The van der Waals surface area contributed by atoms with Gasteiger partial charge in [0.25, 0.3) is 11.8 Å². The fraction of sp³-hybridized carbons (Fsp3) is 0.355. The van der Waals surface area contributed by atoms with Crippen LogP contribution in [0.4, 0.5) is 15.5 Å². The van der Waals surface area contributed by atoms with Gasteiger partial charge in [-0.2, -0.15) is 0 Å². The Labute approximate surface area is 245 Å². The lowest BCUT2D eigenvalue weighted by Gasteiger charge is -2.31. The summed E-state index contributed by atoms with van der Waals surface area (Å²) in [6.07, 6.45) is -0.324. The quantitative estimate of drug-likeness (QED) is 0.235. The molecule has 41 heavy (non-hydrogen) atoms. The number of ether oxygens (including phenoxy) is 2. The van der Waals surface area contributed by atoms with Gasteiger partial charge in [0.2, 0.25) is 8.41 Å². The highest BCUT2D eigenvalue weighted by molar-refractivity contribution is 6.72. The molecule has 1 saturated heterocycles. The van der Waals surface area contributed by atoms with Gasteiger partial charge in [-0.15, -0.1) is 0 Å². The van der Waals surface area contributed by atoms with Crippen LogP contribution in [0.3, 0.4) is 0 Å². The zero-order valence-corrected chi connectivity index (χ0v) is 25.2. The van der Waals surface area contributed by atoms with Crippen molar-refractivity contribution < 1.29 is 28.3 Å². The third kappa shape index (κ3) is 5.27. The van der Waals surface area contributed by atoms with E-state index < -0.39 is 31.6 Å². The third-order valence-electron chi connectivity index (χ3n) is 8.24. The molecule has 2 aliphatic rings. The molecular weight excluding hydrogens is 563 g/mol. The summed E-state index contributed by atoms with van der Waals surface area (Å²) in [6, 6.07) is 19.4. The second kappa shape index (κ2) is 11.2. The lowest BCUT2D eigenvalue weighted by Crippen LogP contribution is -2.45. The number of rotatable bonds is 8. The van der Waals surface area contributed by atoms with Gasteiger partial charge in [-0.3, -0.25) is 9.59 Å². The van der Waals surface area contributed by atoms with E-state index in [1.165, 1.54) is 0 Å². The van der Waals surface area contributed by atoms with Gasteiger partial charge in [0.15, 0.2) is 5.60 Å². The number of halogens is 2. The van der Waals surface area contributed by atoms with Gasteiger partial charge in [0.05, 0.1) is 25.4 Å². The minimum atomic E-state index is -3.27. The number of fused-ring (bicyclic) bond motifs is 2. The SMILES string of the molecule is COc1ccc(C(=O)Nc2ccc(CN3C(=O)[C@]4(O[C@H](CCO)[C@@H]([Si](C)(C)F)[C@@H]4C)c4cc(Cl)ccc43)cc2)cc1. The van der Waals surface area contributed by atoms with Crippen LogP contribution in [0.5, 0.6) is 5.75 Å². The van der Waals surface area contributed by atoms with Crippen molar-refractivity contribution in [3.05, 3.63) is 88.4 Å². The molecule has 2 amide bonds. The maximum absolute atomic E-state index is 15.6. The van der Waals surface area contributed by atoms with E-state index in [1.54, 1.807) is 79.7 Å². The maximum Gasteiger partial charge on any atom is 0.264 e. The summed E-state index contributed by atoms with van der Waals surface area (Å²) in [5.74, 6) is -0.291. The molecule has 3 aromatic rings. The largest absolute Gasteiger partial charge is 0.497 e. The van der Waals surface area contributed by atoms with E-state index in [1.807, 2.05) is 19.1 Å². The summed E-state index contributed by atoms with van der Waals surface area (Å²) in [5.41, 5.74) is 1.41. The van der Waals surface area contributed by atoms with E-state index in [-0.39, 0.29) is 31.4 Å². The van der Waals surface area contributed by atoms with Crippen molar-refractivity contribution in [1.82, 2.24) is 0 Å². The molecular formula is C31H34ClFN2O5Si. The van der Waals surface area contributed by atoms with Crippen molar-refractivity contribution in [3.8, 4) is 5.75 Å². The Hall–Kier alpha value is -3.24. The number of hydrogen-bond donors (Lipinski definition) is 2. The topological polar surface area (TPSA) is 88.1 Å². The minimum absolute atomic E-state index is 0.157. The highest BCUT2D eigenvalue weighted by Crippen LogP contribution is 2.60. The molecule has 0 aliphatic carbocycles. The number of aliphatic hydroxyl groups excluding tert-OH is 1. The third-order valence-corrected chi connectivity index (χ3v) is 10.9. The normalized spacial score (nSPS) is 23.6. The van der Waals surface area contributed by atoms with Crippen LogP contribution in [0.25, 0.3) is 0 Å². The first-order chi connectivity index (χ1) is 19.5. The van der Waals surface area contributed by atoms with Crippen LogP contribution in [0.1, 0.15) is 34.8 Å². The smallest absolute Gasteiger partial charge is 0.264 e. The standard InChI is InChI=1S/C31H34ClFN2O5Si/c1-19-28(41(3,4)33)27(15-16-36)40-31(19)25-17-22(32)9-14-26(25)35(30(31)38)18-20-5-10-23(11-6-20)34-29(37)21-7-12-24(39-2)13-8-21/h5-14,17,19,27-28,36H,15-16,18H2,1-4H3,(H,34,37)/t19-,27+,28-,31+/m0/s1. The molecule has 2 aliphatic heterocycles. The fourth-order valence-electron chi connectivity index (χ4n) is 6.40. The van der Waals surface area contributed by atoms with Crippen molar-refractivity contribution in [1.29, 1.82) is 0 Å². The van der Waals surface area contributed by atoms with E-state index in [4.69, 9.17) is 21.1 Å². The van der Waals surface area contributed by atoms with Crippen molar-refractivity contribution in [2.45, 2.75) is 50.2 Å². The summed E-state index contributed by atoms with van der Waals surface area (Å²) >= 11 is 6.40. The number of nitrogens with zero attached hydrogens (tertiary/aromatic N) is 1. The number of amides is 2. The van der Waals surface area contributed by atoms with Crippen LogP contribution >= 0.6 is 11.6 Å². The lowest BCUT2D eigenvalue weighted by molar-refractivity contribution is -0.146. The minimum Gasteiger partial charge on any atom is -0.497 e. The van der Waals surface area contributed by atoms with E-state index in [2.05, 4.69) is 5.32 Å². The van der Waals surface area contributed by atoms with Crippen LogP contribution in [0.2, 0.25) is 23.7 Å². The summed E-state index contributed by atoms with van der Waals surface area (Å²) in [6.45, 7) is 5.24. The van der Waals surface area contributed by atoms with Gasteiger partial charge in [-0.05, 0) is 79.7 Å². The summed E-state index contributed by atoms with van der Waals surface area (Å²) in [5, 5.41) is 13.1. The highest BCUT2D eigenvalue weighted by atomic mass is 35.5. The molecule has 216 valence electrons. The van der Waals surface area contributed by atoms with Crippen LogP contribution in [0, 0.1) is 5.92 Å². The van der Waals surface area contributed by atoms with Crippen molar-refractivity contribution in [3.63, 3.8) is 0 Å². The predicted octanol–water partition coefficient (Wildman–Crippen LogP) is 6.31. The number of anilines is 2. The Morgan fingerprint density at radius 3 is 2.44 bits per heavy atom. The lowest BCUT2D eigenvalue weighted by atomic mass is 9.82. The number of benzene rings is 3. The van der Waals surface area contributed by atoms with Gasteiger partial charge in [-0.25, -0.2) is 0 Å². The molecule has 0 radical (unpaired) electrons. The monoisotopic (exact) mass is 596 g/mol. The van der Waals surface area contributed by atoms with Crippen molar-refractivity contribution in [2.75, 3.05) is 23.9 Å². The van der Waals surface area contributed by atoms with Gasteiger partial charge >= 0.3 is 0 Å². The molecule has 10 heteroatoms. The maximum atomic E-state index is 15.6. The van der Waals surface area contributed by atoms with E-state index in [0.29, 0.717) is 33.3 Å². The van der Waals surface area contributed by atoms with Crippen LogP contribution in [0.15, 0.2) is 66.7 Å². The Bertz CT molecular complexity index is 1450. The number of carbonyl (C=O) groups is 2. The number of methoxy groups -OCH3 is 1. The first kappa shape index (κ1) is 29.3. The Morgan fingerprint density at radius 1 is 1.15 bits per heavy atom. The second-order valence-electron chi connectivity index (χ2n) is 11.2. The fourth-order valence-corrected chi connectivity index (χ4v) is 9.11. The van der Waals surface area contributed by atoms with E-state index >= 15 is 4.11 Å². The first-order valence-electron chi connectivity index (χ1n) is 13.6. The number of aliphatic hydroxyl groups is 1. The molecule has 3 aromatic carbocycles. The molecule has 7 nitrogen and oxygen atoms in total. The molecule has 0 saturated carbocycles. The number of carbonyl (C=O) groups excluding carboxylic acids is 2. The molecule has 4 atom stereocenters. The summed E-state index contributed by atoms with van der Waals surface area (Å²) in [4.78, 5) is 28.6. The van der Waals surface area contributed by atoms with Crippen LogP contribution in [-0.2, 0) is 21.7 Å². The molecule has 0 bridgehead atoms.